The van der Waals surface area contributed by atoms with Crippen LogP contribution in [0, 0.1) is 11.3 Å². The van der Waals surface area contributed by atoms with Crippen molar-refractivity contribution in [2.24, 2.45) is 0 Å². The SMILES string of the molecule is COC(=O)C1(CCC#N)CN(C(=O)OC(C)(C)C)c2cc(N3CCN(C(=O)OC(C)(C)C)CC3)ccc21. The van der Waals surface area contributed by atoms with Gasteiger partial charge in [-0.1, -0.05) is 6.07 Å². The summed E-state index contributed by atoms with van der Waals surface area (Å²) in [5.41, 5.74) is -0.393. The smallest absolute Gasteiger partial charge is 0.414 e. The summed E-state index contributed by atoms with van der Waals surface area (Å²) in [5.74, 6) is -0.492. The van der Waals surface area contributed by atoms with E-state index in [0.717, 1.165) is 5.69 Å². The van der Waals surface area contributed by atoms with E-state index in [1.165, 1.54) is 12.0 Å². The Labute approximate surface area is 219 Å². The summed E-state index contributed by atoms with van der Waals surface area (Å²) < 4.78 is 16.3. The van der Waals surface area contributed by atoms with Crippen molar-refractivity contribution in [2.75, 3.05) is 49.6 Å². The molecule has 1 fully saturated rings. The lowest BCUT2D eigenvalue weighted by atomic mass is 9.78. The third-order valence-corrected chi connectivity index (χ3v) is 6.37. The first-order chi connectivity index (χ1) is 17.2. The van der Waals surface area contributed by atoms with Gasteiger partial charge in [0.25, 0.3) is 0 Å². The topological polar surface area (TPSA) is 112 Å². The molecule has 0 aliphatic carbocycles. The van der Waals surface area contributed by atoms with E-state index in [4.69, 9.17) is 14.2 Å². The van der Waals surface area contributed by atoms with Gasteiger partial charge in [-0.25, -0.2) is 9.59 Å². The summed E-state index contributed by atoms with van der Waals surface area (Å²) in [4.78, 5) is 44.0. The first-order valence-corrected chi connectivity index (χ1v) is 12.5. The lowest BCUT2D eigenvalue weighted by Crippen LogP contribution is -2.50. The predicted octanol–water partition coefficient (Wildman–Crippen LogP) is 4.21. The van der Waals surface area contributed by atoms with Crippen LogP contribution < -0.4 is 9.80 Å². The van der Waals surface area contributed by atoms with Gasteiger partial charge in [0.15, 0.2) is 0 Å². The summed E-state index contributed by atoms with van der Waals surface area (Å²) in [6.45, 7) is 13.1. The molecule has 0 N–H and O–H groups in total. The monoisotopic (exact) mass is 514 g/mol. The first kappa shape index (κ1) is 28.1. The van der Waals surface area contributed by atoms with Crippen LogP contribution in [0.5, 0.6) is 0 Å². The van der Waals surface area contributed by atoms with Gasteiger partial charge in [0, 0.05) is 44.8 Å². The van der Waals surface area contributed by atoms with E-state index in [1.54, 1.807) is 25.7 Å². The maximum Gasteiger partial charge on any atom is 0.414 e. The molecule has 2 aliphatic rings. The highest BCUT2D eigenvalue weighted by molar-refractivity contribution is 5.99. The highest BCUT2D eigenvalue weighted by Gasteiger charge is 2.52. The van der Waals surface area contributed by atoms with E-state index in [-0.39, 0.29) is 25.5 Å². The van der Waals surface area contributed by atoms with E-state index in [2.05, 4.69) is 11.0 Å². The van der Waals surface area contributed by atoms with Crippen molar-refractivity contribution < 1.29 is 28.6 Å². The van der Waals surface area contributed by atoms with Crippen molar-refractivity contribution in [3.63, 3.8) is 0 Å². The molecule has 0 saturated carbocycles. The van der Waals surface area contributed by atoms with Crippen molar-refractivity contribution in [3.8, 4) is 6.07 Å². The number of benzene rings is 1. The van der Waals surface area contributed by atoms with Crippen molar-refractivity contribution in [2.45, 2.75) is 71.0 Å². The van der Waals surface area contributed by atoms with Gasteiger partial charge in [-0.05, 0) is 65.7 Å². The highest BCUT2D eigenvalue weighted by Crippen LogP contribution is 2.46. The molecule has 2 amide bonds. The summed E-state index contributed by atoms with van der Waals surface area (Å²) >= 11 is 0. The van der Waals surface area contributed by atoms with E-state index in [9.17, 15) is 19.6 Å². The van der Waals surface area contributed by atoms with Crippen LogP contribution in [0.2, 0.25) is 0 Å². The van der Waals surface area contributed by atoms with Gasteiger partial charge in [-0.3, -0.25) is 9.69 Å². The Morgan fingerprint density at radius 1 is 0.973 bits per heavy atom. The number of rotatable bonds is 4. The molecule has 1 aromatic rings. The number of fused-ring (bicyclic) bond motifs is 1. The summed E-state index contributed by atoms with van der Waals surface area (Å²) in [6, 6.07) is 7.73. The fraction of sp³-hybridized carbons (Fsp3) is 0.630. The van der Waals surface area contributed by atoms with Gasteiger partial charge in [-0.2, -0.15) is 5.26 Å². The summed E-state index contributed by atoms with van der Waals surface area (Å²) in [6.07, 6.45) is -0.553. The number of nitrogens with zero attached hydrogens (tertiary/aromatic N) is 4. The van der Waals surface area contributed by atoms with Crippen molar-refractivity contribution in [1.29, 1.82) is 5.26 Å². The van der Waals surface area contributed by atoms with Crippen LogP contribution in [0.15, 0.2) is 18.2 Å². The molecule has 1 aromatic carbocycles. The predicted molar refractivity (Wildman–Crippen MR) is 139 cm³/mol. The Morgan fingerprint density at radius 3 is 2.11 bits per heavy atom. The second-order valence-electron chi connectivity index (χ2n) is 11.5. The number of amides is 2. The number of carbonyl (C=O) groups is 3. The van der Waals surface area contributed by atoms with Crippen molar-refractivity contribution >= 4 is 29.5 Å². The van der Waals surface area contributed by atoms with Crippen molar-refractivity contribution in [3.05, 3.63) is 23.8 Å². The fourth-order valence-corrected chi connectivity index (χ4v) is 4.69. The minimum absolute atomic E-state index is 0.0292. The maximum absolute atomic E-state index is 13.2. The number of ether oxygens (including phenoxy) is 3. The number of nitriles is 1. The summed E-state index contributed by atoms with van der Waals surface area (Å²) in [5, 5.41) is 9.26. The van der Waals surface area contributed by atoms with E-state index >= 15 is 0 Å². The molecular formula is C27H38N4O6. The number of piperazine rings is 1. The summed E-state index contributed by atoms with van der Waals surface area (Å²) in [7, 11) is 1.31. The van der Waals surface area contributed by atoms with Crippen LogP contribution in [0.4, 0.5) is 21.0 Å². The first-order valence-electron chi connectivity index (χ1n) is 12.5. The van der Waals surface area contributed by atoms with Crippen LogP contribution >= 0.6 is 0 Å². The van der Waals surface area contributed by atoms with Gasteiger partial charge in [0.05, 0.1) is 18.9 Å². The van der Waals surface area contributed by atoms with Crippen LogP contribution in [-0.2, 0) is 24.4 Å². The molecule has 0 aromatic heterocycles. The number of carbonyl (C=O) groups excluding carboxylic acids is 3. The lowest BCUT2D eigenvalue weighted by molar-refractivity contribution is -0.147. The van der Waals surface area contributed by atoms with Gasteiger partial charge in [-0.15, -0.1) is 0 Å². The standard InChI is InChI=1S/C27H38N4O6/c1-25(2,3)36-23(33)30-15-13-29(14-16-30)19-9-10-20-21(17-19)31(24(34)37-26(4,5)6)18-27(20,11-8-12-28)22(32)35-7/h9-10,17H,8,11,13-16,18H2,1-7H3. The zero-order chi connectivity index (χ0) is 27.6. The molecule has 0 bridgehead atoms. The molecule has 0 radical (unpaired) electrons. The Hall–Kier alpha value is -3.48. The minimum Gasteiger partial charge on any atom is -0.468 e. The number of esters is 1. The van der Waals surface area contributed by atoms with Crippen LogP contribution in [-0.4, -0.2) is 74.1 Å². The molecule has 10 heteroatoms. The van der Waals surface area contributed by atoms with Gasteiger partial charge in [0.1, 0.15) is 16.6 Å². The third-order valence-electron chi connectivity index (χ3n) is 6.37. The number of methoxy groups -OCH3 is 1. The molecule has 2 aliphatic heterocycles. The normalized spacial score (nSPS) is 19.7. The molecule has 1 atom stereocenters. The molecule has 2 heterocycles. The zero-order valence-corrected chi connectivity index (χ0v) is 22.9. The lowest BCUT2D eigenvalue weighted by Gasteiger charge is -2.37. The molecule has 0 spiro atoms. The molecule has 3 rings (SSSR count). The minimum atomic E-state index is -1.16. The van der Waals surface area contributed by atoms with E-state index < -0.39 is 28.7 Å². The third kappa shape index (κ3) is 6.27. The van der Waals surface area contributed by atoms with Crippen molar-refractivity contribution in [1.82, 2.24) is 4.90 Å². The largest absolute Gasteiger partial charge is 0.468 e. The average molecular weight is 515 g/mol. The Morgan fingerprint density at radius 2 is 1.57 bits per heavy atom. The number of hydrogen-bond acceptors (Lipinski definition) is 8. The second kappa shape index (κ2) is 10.5. The maximum atomic E-state index is 13.2. The second-order valence-corrected chi connectivity index (χ2v) is 11.5. The van der Waals surface area contributed by atoms with Crippen LogP contribution in [0.3, 0.4) is 0 Å². The van der Waals surface area contributed by atoms with E-state index in [0.29, 0.717) is 37.4 Å². The zero-order valence-electron chi connectivity index (χ0n) is 22.9. The van der Waals surface area contributed by atoms with Gasteiger partial charge < -0.3 is 24.0 Å². The number of hydrogen-bond donors (Lipinski definition) is 0. The van der Waals surface area contributed by atoms with E-state index in [1.807, 2.05) is 39.0 Å². The molecular weight excluding hydrogens is 476 g/mol. The fourth-order valence-electron chi connectivity index (χ4n) is 4.69. The molecule has 37 heavy (non-hydrogen) atoms. The Bertz CT molecular complexity index is 1080. The molecule has 10 nitrogen and oxygen atoms in total. The quantitative estimate of drug-likeness (QED) is 0.434. The van der Waals surface area contributed by atoms with Crippen LogP contribution in [0.25, 0.3) is 0 Å². The Kier molecular flexibility index (Phi) is 7.96. The number of anilines is 2. The molecule has 1 saturated heterocycles. The Balaban J connectivity index is 1.92. The average Bonchev–Trinajstić information content (AvgIpc) is 3.15. The van der Waals surface area contributed by atoms with Gasteiger partial charge >= 0.3 is 18.2 Å². The van der Waals surface area contributed by atoms with Gasteiger partial charge in [0.2, 0.25) is 0 Å². The molecule has 202 valence electrons. The molecule has 1 unspecified atom stereocenters. The highest BCUT2D eigenvalue weighted by atomic mass is 16.6. The van der Waals surface area contributed by atoms with Crippen LogP contribution in [0.1, 0.15) is 59.9 Å².